The first-order valence-electron chi connectivity index (χ1n) is 8.15. The average Bonchev–Trinajstić information content (AvgIpc) is 2.95. The summed E-state index contributed by atoms with van der Waals surface area (Å²) in [5.41, 5.74) is -5.26. The van der Waals surface area contributed by atoms with Crippen LogP contribution in [0.4, 0.5) is 18.9 Å². The molecular formula is C19H13BrF3NO3S. The summed E-state index contributed by atoms with van der Waals surface area (Å²) >= 11 is 2.94. The third kappa shape index (κ3) is 2.45. The number of rotatable bonds is 2. The van der Waals surface area contributed by atoms with Gasteiger partial charge in [-0.2, -0.15) is 13.2 Å². The van der Waals surface area contributed by atoms with E-state index < -0.39 is 25.0 Å². The Kier molecular flexibility index (Phi) is 4.17. The molecule has 0 amide bonds. The van der Waals surface area contributed by atoms with Crippen molar-refractivity contribution in [2.75, 3.05) is 5.32 Å². The van der Waals surface area contributed by atoms with E-state index in [-0.39, 0.29) is 22.6 Å². The van der Waals surface area contributed by atoms with Gasteiger partial charge in [0.1, 0.15) is 5.75 Å². The fourth-order valence-corrected chi connectivity index (χ4v) is 6.15. The summed E-state index contributed by atoms with van der Waals surface area (Å²) < 4.78 is 63.7. The van der Waals surface area contributed by atoms with Gasteiger partial charge < -0.3 is 10.4 Å². The minimum Gasteiger partial charge on any atom is -0.508 e. The molecule has 1 aliphatic heterocycles. The number of nitrogens with one attached hydrogen (secondary N) is 1. The molecule has 0 aliphatic carbocycles. The summed E-state index contributed by atoms with van der Waals surface area (Å²) in [4.78, 5) is 0. The zero-order valence-corrected chi connectivity index (χ0v) is 16.4. The van der Waals surface area contributed by atoms with Crippen molar-refractivity contribution in [1.29, 1.82) is 0 Å². The van der Waals surface area contributed by atoms with Crippen LogP contribution in [0, 0.1) is 0 Å². The summed E-state index contributed by atoms with van der Waals surface area (Å²) in [5, 5.41) is 14.5. The van der Waals surface area contributed by atoms with Gasteiger partial charge in [-0.3, -0.25) is 0 Å². The maximum Gasteiger partial charge on any atom is 0.499 e. The predicted octanol–water partition coefficient (Wildman–Crippen LogP) is 5.19. The number of alkyl halides is 4. The minimum absolute atomic E-state index is 0.0651. The van der Waals surface area contributed by atoms with E-state index >= 15 is 0 Å². The number of anilines is 1. The van der Waals surface area contributed by atoms with E-state index in [1.807, 2.05) is 0 Å². The zero-order chi connectivity index (χ0) is 20.3. The molecule has 2 N–H and O–H groups in total. The molecule has 28 heavy (non-hydrogen) atoms. The Labute approximate surface area is 167 Å². The van der Waals surface area contributed by atoms with Crippen molar-refractivity contribution in [3.05, 3.63) is 71.8 Å². The van der Waals surface area contributed by atoms with Crippen molar-refractivity contribution in [3.63, 3.8) is 0 Å². The highest BCUT2D eigenvalue weighted by Gasteiger charge is 2.66. The van der Waals surface area contributed by atoms with Crippen molar-refractivity contribution >= 4 is 42.2 Å². The van der Waals surface area contributed by atoms with E-state index in [9.17, 15) is 26.7 Å². The van der Waals surface area contributed by atoms with E-state index in [1.54, 1.807) is 36.4 Å². The molecular weight excluding hydrogens is 459 g/mol. The minimum atomic E-state index is -5.73. The third-order valence-electron chi connectivity index (χ3n) is 4.90. The molecule has 1 aliphatic rings. The van der Waals surface area contributed by atoms with Crippen LogP contribution >= 0.6 is 15.9 Å². The van der Waals surface area contributed by atoms with Crippen LogP contribution in [0.1, 0.15) is 17.2 Å². The summed E-state index contributed by atoms with van der Waals surface area (Å²) in [5.74, 6) is -0.301. The van der Waals surface area contributed by atoms with Gasteiger partial charge in [0.05, 0.1) is 6.04 Å². The van der Waals surface area contributed by atoms with Crippen molar-refractivity contribution < 1.29 is 26.7 Å². The lowest BCUT2D eigenvalue weighted by atomic mass is 9.95. The van der Waals surface area contributed by atoms with E-state index in [2.05, 4.69) is 21.2 Å². The lowest BCUT2D eigenvalue weighted by Gasteiger charge is -2.31. The van der Waals surface area contributed by atoms with Gasteiger partial charge >= 0.3 is 5.51 Å². The largest absolute Gasteiger partial charge is 0.508 e. The van der Waals surface area contributed by atoms with Gasteiger partial charge in [0.2, 0.25) is 0 Å². The van der Waals surface area contributed by atoms with Crippen LogP contribution in [0.5, 0.6) is 5.75 Å². The molecule has 3 aromatic carbocycles. The van der Waals surface area contributed by atoms with Crippen molar-refractivity contribution in [2.45, 2.75) is 15.2 Å². The summed E-state index contributed by atoms with van der Waals surface area (Å²) in [7, 11) is -5.73. The Bertz CT molecular complexity index is 1200. The van der Waals surface area contributed by atoms with Crippen LogP contribution in [0.25, 0.3) is 10.8 Å². The molecule has 2 unspecified atom stereocenters. The highest BCUT2D eigenvalue weighted by Crippen LogP contribution is 2.61. The fourth-order valence-electron chi connectivity index (χ4n) is 3.62. The van der Waals surface area contributed by atoms with Crippen molar-refractivity contribution in [1.82, 2.24) is 0 Å². The van der Waals surface area contributed by atoms with Crippen LogP contribution < -0.4 is 5.32 Å². The Hall–Kier alpha value is -2.26. The quantitative estimate of drug-likeness (QED) is 0.504. The first-order chi connectivity index (χ1) is 13.1. The van der Waals surface area contributed by atoms with Crippen LogP contribution in [0.15, 0.2) is 60.7 Å². The molecule has 0 bridgehead atoms. The average molecular weight is 472 g/mol. The highest BCUT2D eigenvalue weighted by atomic mass is 79.9. The van der Waals surface area contributed by atoms with Crippen molar-refractivity contribution in [2.24, 2.45) is 0 Å². The highest BCUT2D eigenvalue weighted by molar-refractivity contribution is 9.11. The number of benzene rings is 3. The molecule has 0 spiro atoms. The second-order valence-electron chi connectivity index (χ2n) is 6.44. The zero-order valence-electron chi connectivity index (χ0n) is 14.0. The Morgan fingerprint density at radius 3 is 2.36 bits per heavy atom. The summed E-state index contributed by atoms with van der Waals surface area (Å²) in [6.07, 6.45) is 0. The van der Waals surface area contributed by atoms with Gasteiger partial charge in [0.15, 0.2) is 3.66 Å². The predicted molar refractivity (Wildman–Crippen MR) is 104 cm³/mol. The maximum absolute atomic E-state index is 13.6. The molecule has 4 nitrogen and oxygen atoms in total. The molecule has 4 rings (SSSR count). The first kappa shape index (κ1) is 19.1. The second kappa shape index (κ2) is 6.12. The standard InChI is InChI=1S/C19H13BrF3NO3S/c20-18(28(26,27)19(21,22)23)13-7-3-4-8-14(13)24-17(18)16-12-6-2-1-5-11(12)9-10-15(16)25/h1-10,17,24-25H. The number of phenolic OH excluding ortho intramolecular Hbond substituents is 1. The van der Waals surface area contributed by atoms with Crippen LogP contribution in [-0.2, 0) is 13.5 Å². The molecule has 146 valence electrons. The van der Waals surface area contributed by atoms with E-state index in [4.69, 9.17) is 0 Å². The van der Waals surface area contributed by atoms with Gasteiger partial charge in [-0.1, -0.05) is 64.5 Å². The smallest absolute Gasteiger partial charge is 0.499 e. The van der Waals surface area contributed by atoms with E-state index in [0.717, 1.165) is 0 Å². The molecule has 0 saturated heterocycles. The van der Waals surface area contributed by atoms with Gasteiger partial charge in [-0.25, -0.2) is 8.42 Å². The Morgan fingerprint density at radius 1 is 1.00 bits per heavy atom. The first-order valence-corrected chi connectivity index (χ1v) is 10.4. The van der Waals surface area contributed by atoms with Gasteiger partial charge in [-0.05, 0) is 22.9 Å². The number of hydrogen-bond donors (Lipinski definition) is 2. The molecule has 0 aromatic heterocycles. The molecule has 1 heterocycles. The Balaban J connectivity index is 2.08. The molecule has 9 heteroatoms. The second-order valence-corrected chi connectivity index (χ2v) is 10.3. The SMILES string of the molecule is O=S(=O)(C(F)(F)F)C1(Br)c2ccccc2NC1c1c(O)ccc2ccccc12. The van der Waals surface area contributed by atoms with Crippen molar-refractivity contribution in [3.8, 4) is 5.75 Å². The molecule has 0 saturated carbocycles. The maximum atomic E-state index is 13.6. The summed E-state index contributed by atoms with van der Waals surface area (Å²) in [6, 6.07) is 14.2. The van der Waals surface area contributed by atoms with Crippen LogP contribution in [-0.4, -0.2) is 19.0 Å². The summed E-state index contributed by atoms with van der Waals surface area (Å²) in [6.45, 7) is 0. The lowest BCUT2D eigenvalue weighted by molar-refractivity contribution is -0.0450. The Morgan fingerprint density at radius 2 is 1.64 bits per heavy atom. The number of phenols is 1. The number of sulfone groups is 1. The number of halogens is 4. The topological polar surface area (TPSA) is 66.4 Å². The number of aromatic hydroxyl groups is 1. The third-order valence-corrected chi connectivity index (χ3v) is 8.91. The fraction of sp³-hybridized carbons (Fsp3) is 0.158. The van der Waals surface area contributed by atoms with Gasteiger partial charge in [0.25, 0.3) is 9.84 Å². The number of fused-ring (bicyclic) bond motifs is 2. The number of para-hydroxylation sites is 1. The molecule has 0 radical (unpaired) electrons. The molecule has 3 aromatic rings. The van der Waals surface area contributed by atoms with E-state index in [0.29, 0.717) is 10.8 Å². The van der Waals surface area contributed by atoms with Gasteiger partial charge in [0, 0.05) is 16.8 Å². The monoisotopic (exact) mass is 471 g/mol. The molecule has 0 fully saturated rings. The van der Waals surface area contributed by atoms with Crippen LogP contribution in [0.3, 0.4) is 0 Å². The molecule has 2 atom stereocenters. The number of hydrogen-bond acceptors (Lipinski definition) is 4. The van der Waals surface area contributed by atoms with Gasteiger partial charge in [-0.15, -0.1) is 0 Å². The van der Waals surface area contributed by atoms with E-state index in [1.165, 1.54) is 24.3 Å². The normalized spacial score (nSPS) is 22.1. The lowest BCUT2D eigenvalue weighted by Crippen LogP contribution is -2.42. The van der Waals surface area contributed by atoms with Crippen LogP contribution in [0.2, 0.25) is 0 Å².